The second-order valence-corrected chi connectivity index (χ2v) is 15.5. The summed E-state index contributed by atoms with van der Waals surface area (Å²) in [6.07, 6.45) is 0. The Labute approximate surface area is 352 Å². The molecule has 284 valence electrons. The quantitative estimate of drug-likeness (QED) is 0.158. The number of para-hydroxylation sites is 1. The van der Waals surface area contributed by atoms with Crippen molar-refractivity contribution in [3.05, 3.63) is 212 Å². The van der Waals surface area contributed by atoms with Crippen LogP contribution in [-0.2, 0) is 0 Å². The van der Waals surface area contributed by atoms with Gasteiger partial charge >= 0.3 is 0 Å². The van der Waals surface area contributed by atoms with Crippen LogP contribution in [0.3, 0.4) is 0 Å². The van der Waals surface area contributed by atoms with E-state index in [-0.39, 0.29) is 0 Å². The lowest BCUT2D eigenvalue weighted by atomic mass is 9.92. The molecule has 0 amide bonds. The first-order chi connectivity index (χ1) is 30.2. The fraction of sp³-hybridized carbons (Fsp3) is 0. The van der Waals surface area contributed by atoms with Crippen LogP contribution < -0.4 is 0 Å². The van der Waals surface area contributed by atoms with Gasteiger partial charge in [-0.15, -0.1) is 0 Å². The summed E-state index contributed by atoms with van der Waals surface area (Å²) in [5.74, 6) is 0.683. The van der Waals surface area contributed by atoms with E-state index in [1.165, 1.54) is 16.2 Å². The molecule has 61 heavy (non-hydrogen) atoms. The third-order valence-corrected chi connectivity index (χ3v) is 11.9. The zero-order valence-corrected chi connectivity index (χ0v) is 33.0. The van der Waals surface area contributed by atoms with E-state index < -0.39 is 0 Å². The SMILES string of the molecule is c1ccc(-c2cc(-c3ccccc3)nc(-c3cccc(-c4cccc(-c5cccc6nc(-c7cc8ccccc8c8ccccc78)c7oc8ccccc8c7c56)c4)c3)n2)cc1. The molecule has 4 nitrogen and oxygen atoms in total. The molecule has 0 unspecified atom stereocenters. The average Bonchev–Trinajstić information content (AvgIpc) is 3.74. The maximum Gasteiger partial charge on any atom is 0.162 e. The molecular formula is C57H35N3O. The lowest BCUT2D eigenvalue weighted by Crippen LogP contribution is -1.96. The Balaban J connectivity index is 1.02. The molecule has 0 aliphatic carbocycles. The Hall–Kier alpha value is -8.21. The van der Waals surface area contributed by atoms with E-state index >= 15 is 0 Å². The average molecular weight is 778 g/mol. The molecule has 3 aromatic heterocycles. The first kappa shape index (κ1) is 34.8. The Kier molecular flexibility index (Phi) is 8.13. The summed E-state index contributed by atoms with van der Waals surface area (Å²) in [6.45, 7) is 0. The van der Waals surface area contributed by atoms with Gasteiger partial charge < -0.3 is 4.42 Å². The minimum absolute atomic E-state index is 0.683. The van der Waals surface area contributed by atoms with Crippen molar-refractivity contribution >= 4 is 54.4 Å². The number of hydrogen-bond donors (Lipinski definition) is 0. The van der Waals surface area contributed by atoms with Crippen LogP contribution in [0.25, 0.3) is 122 Å². The molecule has 0 atom stereocenters. The normalized spacial score (nSPS) is 11.6. The van der Waals surface area contributed by atoms with E-state index in [0.29, 0.717) is 5.82 Å². The predicted molar refractivity (Wildman–Crippen MR) is 252 cm³/mol. The van der Waals surface area contributed by atoms with Gasteiger partial charge in [-0.3, -0.25) is 0 Å². The van der Waals surface area contributed by atoms with Gasteiger partial charge in [0.25, 0.3) is 0 Å². The van der Waals surface area contributed by atoms with Crippen molar-refractivity contribution in [2.75, 3.05) is 0 Å². The second kappa shape index (κ2) is 14.3. The van der Waals surface area contributed by atoms with Gasteiger partial charge in [0.2, 0.25) is 0 Å². The highest BCUT2D eigenvalue weighted by atomic mass is 16.3. The Morgan fingerprint density at radius 1 is 0.328 bits per heavy atom. The lowest BCUT2D eigenvalue weighted by Gasteiger charge is -2.14. The summed E-state index contributed by atoms with van der Waals surface area (Å²) in [5, 5.41) is 7.95. The van der Waals surface area contributed by atoms with Gasteiger partial charge in [0.15, 0.2) is 11.4 Å². The van der Waals surface area contributed by atoms with Crippen molar-refractivity contribution in [1.82, 2.24) is 15.0 Å². The fourth-order valence-electron chi connectivity index (χ4n) is 9.00. The monoisotopic (exact) mass is 777 g/mol. The summed E-state index contributed by atoms with van der Waals surface area (Å²) in [6, 6.07) is 74.3. The highest BCUT2D eigenvalue weighted by Gasteiger charge is 2.22. The van der Waals surface area contributed by atoms with Crippen molar-refractivity contribution in [3.63, 3.8) is 0 Å². The third-order valence-electron chi connectivity index (χ3n) is 11.9. The van der Waals surface area contributed by atoms with Gasteiger partial charge in [0.1, 0.15) is 11.3 Å². The number of nitrogens with zero attached hydrogens (tertiary/aromatic N) is 3. The number of hydrogen-bond acceptors (Lipinski definition) is 4. The maximum absolute atomic E-state index is 6.85. The summed E-state index contributed by atoms with van der Waals surface area (Å²) < 4.78 is 6.85. The minimum Gasteiger partial charge on any atom is -0.454 e. The van der Waals surface area contributed by atoms with Crippen LogP contribution >= 0.6 is 0 Å². The van der Waals surface area contributed by atoms with Crippen LogP contribution in [0.15, 0.2) is 217 Å². The molecule has 0 aliphatic rings. The Morgan fingerprint density at radius 3 is 1.62 bits per heavy atom. The molecule has 3 heterocycles. The van der Waals surface area contributed by atoms with Crippen molar-refractivity contribution in [1.29, 1.82) is 0 Å². The van der Waals surface area contributed by atoms with E-state index in [1.807, 2.05) is 42.5 Å². The van der Waals surface area contributed by atoms with Gasteiger partial charge in [-0.25, -0.2) is 15.0 Å². The highest BCUT2D eigenvalue weighted by Crippen LogP contribution is 2.45. The van der Waals surface area contributed by atoms with Gasteiger partial charge in [-0.2, -0.15) is 0 Å². The second-order valence-electron chi connectivity index (χ2n) is 15.5. The minimum atomic E-state index is 0.683. The van der Waals surface area contributed by atoms with Crippen LogP contribution in [0.5, 0.6) is 0 Å². The molecule has 0 spiro atoms. The largest absolute Gasteiger partial charge is 0.454 e. The Morgan fingerprint density at radius 2 is 0.885 bits per heavy atom. The number of benzene rings is 9. The highest BCUT2D eigenvalue weighted by molar-refractivity contribution is 6.26. The van der Waals surface area contributed by atoms with Gasteiger partial charge in [-0.05, 0) is 80.2 Å². The molecule has 0 saturated heterocycles. The zero-order chi connectivity index (χ0) is 40.3. The molecule has 4 heteroatoms. The summed E-state index contributed by atoms with van der Waals surface area (Å²) in [5.41, 5.74) is 13.6. The van der Waals surface area contributed by atoms with Crippen LogP contribution in [-0.4, -0.2) is 15.0 Å². The summed E-state index contributed by atoms with van der Waals surface area (Å²) in [7, 11) is 0. The van der Waals surface area contributed by atoms with E-state index in [4.69, 9.17) is 19.4 Å². The van der Waals surface area contributed by atoms with Crippen molar-refractivity contribution in [2.24, 2.45) is 0 Å². The molecular weight excluding hydrogens is 743 g/mol. The first-order valence-corrected chi connectivity index (χ1v) is 20.6. The molecule has 9 aromatic carbocycles. The number of pyridine rings is 1. The van der Waals surface area contributed by atoms with E-state index in [2.05, 4.69) is 170 Å². The van der Waals surface area contributed by atoms with Crippen molar-refractivity contribution < 1.29 is 4.42 Å². The Bertz CT molecular complexity index is 3590. The number of fused-ring (bicyclic) bond motifs is 8. The summed E-state index contributed by atoms with van der Waals surface area (Å²) in [4.78, 5) is 15.7. The van der Waals surface area contributed by atoms with E-state index in [0.717, 1.165) is 99.8 Å². The van der Waals surface area contributed by atoms with E-state index in [1.54, 1.807) is 0 Å². The van der Waals surface area contributed by atoms with Gasteiger partial charge in [0.05, 0.1) is 16.9 Å². The topological polar surface area (TPSA) is 51.8 Å². The van der Waals surface area contributed by atoms with Crippen LogP contribution in [0, 0.1) is 0 Å². The first-order valence-electron chi connectivity index (χ1n) is 20.6. The van der Waals surface area contributed by atoms with Crippen LogP contribution in [0.2, 0.25) is 0 Å². The smallest absolute Gasteiger partial charge is 0.162 e. The summed E-state index contributed by atoms with van der Waals surface area (Å²) >= 11 is 0. The molecule has 0 fully saturated rings. The van der Waals surface area contributed by atoms with Crippen molar-refractivity contribution in [3.8, 4) is 67.4 Å². The predicted octanol–water partition coefficient (Wildman–Crippen LogP) is 15.2. The molecule has 12 aromatic rings. The van der Waals surface area contributed by atoms with Crippen LogP contribution in [0.1, 0.15) is 0 Å². The van der Waals surface area contributed by atoms with Gasteiger partial charge in [-0.1, -0.05) is 176 Å². The van der Waals surface area contributed by atoms with Crippen molar-refractivity contribution in [2.45, 2.75) is 0 Å². The number of furan rings is 1. The molecule has 0 bridgehead atoms. The van der Waals surface area contributed by atoms with Crippen LogP contribution in [0.4, 0.5) is 0 Å². The fourth-order valence-corrected chi connectivity index (χ4v) is 9.00. The molecule has 0 saturated carbocycles. The third kappa shape index (κ3) is 5.96. The molecule has 0 radical (unpaired) electrons. The molecule has 0 aliphatic heterocycles. The number of rotatable bonds is 6. The standard InChI is InChI=1S/C57H35N3O/c1-3-16-36(17-4-1)50-35-51(37-18-5-2-6-19-37)60-57(59-50)42-24-14-22-39(33-42)38-21-13-23-40(32-38)44-29-15-30-49-53(44)54-47-28-11-12-31-52(47)61-56(54)55(58-49)48-34-41-20-7-8-25-43(41)45-26-9-10-27-46(45)48/h1-35H. The molecule has 0 N–H and O–H groups in total. The number of aromatic nitrogens is 3. The van der Waals surface area contributed by atoms with E-state index in [9.17, 15) is 0 Å². The maximum atomic E-state index is 6.85. The van der Waals surface area contributed by atoms with Gasteiger partial charge in [0, 0.05) is 38.4 Å². The molecule has 12 rings (SSSR count). The lowest BCUT2D eigenvalue weighted by molar-refractivity contribution is 0.669. The zero-order valence-electron chi connectivity index (χ0n) is 33.0.